The summed E-state index contributed by atoms with van der Waals surface area (Å²) in [5, 5.41) is 11.6. The molecule has 0 fully saturated rings. The van der Waals surface area contributed by atoms with Crippen molar-refractivity contribution in [3.05, 3.63) is 0 Å². The van der Waals surface area contributed by atoms with Crippen LogP contribution in [0, 0.1) is 0 Å². The number of hydrogen-bond acceptors (Lipinski definition) is 4. The van der Waals surface area contributed by atoms with Gasteiger partial charge in [-0.3, -0.25) is 9.59 Å². The highest BCUT2D eigenvalue weighted by atomic mass is 16.4. The van der Waals surface area contributed by atoms with Crippen LogP contribution in [0.1, 0.15) is 26.2 Å². The van der Waals surface area contributed by atoms with Crippen LogP contribution in [0.3, 0.4) is 0 Å². The molecule has 0 radical (unpaired) electrons. The van der Waals surface area contributed by atoms with Crippen molar-refractivity contribution in [1.82, 2.24) is 10.2 Å². The van der Waals surface area contributed by atoms with Gasteiger partial charge in [-0.2, -0.15) is 0 Å². The third-order valence-corrected chi connectivity index (χ3v) is 2.59. The Morgan fingerprint density at radius 3 is 2.47 bits per heavy atom. The Labute approximate surface area is 102 Å². The highest BCUT2D eigenvalue weighted by Gasteiger charge is 2.11. The highest BCUT2D eigenvalue weighted by Crippen LogP contribution is 2.02. The molecule has 0 aliphatic rings. The monoisotopic (exact) mass is 245 g/mol. The lowest BCUT2D eigenvalue weighted by molar-refractivity contribution is -0.138. The van der Waals surface area contributed by atoms with Crippen molar-refractivity contribution in [2.24, 2.45) is 5.73 Å². The molecule has 0 saturated heterocycles. The van der Waals surface area contributed by atoms with Crippen LogP contribution in [0.5, 0.6) is 0 Å². The Bertz CT molecular complexity index is 246. The highest BCUT2D eigenvalue weighted by molar-refractivity contribution is 5.73. The van der Waals surface area contributed by atoms with Gasteiger partial charge in [0.2, 0.25) is 5.91 Å². The molecule has 4 N–H and O–H groups in total. The van der Waals surface area contributed by atoms with Gasteiger partial charge >= 0.3 is 5.97 Å². The number of carboxylic acid groups (broad SMARTS) is 1. The van der Waals surface area contributed by atoms with Gasteiger partial charge in [-0.25, -0.2) is 0 Å². The van der Waals surface area contributed by atoms with E-state index in [4.69, 9.17) is 10.8 Å². The van der Waals surface area contributed by atoms with Crippen LogP contribution in [-0.4, -0.2) is 54.6 Å². The van der Waals surface area contributed by atoms with Gasteiger partial charge in [0.25, 0.3) is 0 Å². The Kier molecular flexibility index (Phi) is 8.35. The summed E-state index contributed by atoms with van der Waals surface area (Å²) in [6, 6.07) is -0.793. The van der Waals surface area contributed by atoms with Crippen LogP contribution in [0.4, 0.5) is 0 Å². The number of carbonyl (C=O) groups is 2. The standard InChI is InChI=1S/C11H23N3O3/c1-9(15)14(8-6-13-2)7-4-3-5-10(12)11(16)17/h10,13H,3-8,12H2,1-2H3,(H,16,17). The first-order chi connectivity index (χ1) is 7.99. The molecule has 0 spiro atoms. The average molecular weight is 245 g/mol. The van der Waals surface area contributed by atoms with E-state index in [0.29, 0.717) is 19.5 Å². The molecule has 0 aromatic rings. The quantitative estimate of drug-likeness (QED) is 0.482. The van der Waals surface area contributed by atoms with Crippen LogP contribution in [0.15, 0.2) is 0 Å². The summed E-state index contributed by atoms with van der Waals surface area (Å²) >= 11 is 0. The maximum Gasteiger partial charge on any atom is 0.320 e. The van der Waals surface area contributed by atoms with Crippen molar-refractivity contribution < 1.29 is 14.7 Å². The summed E-state index contributed by atoms with van der Waals surface area (Å²) < 4.78 is 0. The normalized spacial score (nSPS) is 12.2. The minimum Gasteiger partial charge on any atom is -0.480 e. The molecule has 0 aromatic carbocycles. The van der Waals surface area contributed by atoms with E-state index in [1.807, 2.05) is 7.05 Å². The van der Waals surface area contributed by atoms with Gasteiger partial charge in [-0.1, -0.05) is 0 Å². The fourth-order valence-corrected chi connectivity index (χ4v) is 1.46. The minimum atomic E-state index is -0.969. The van der Waals surface area contributed by atoms with Crippen molar-refractivity contribution in [2.75, 3.05) is 26.7 Å². The average Bonchev–Trinajstić information content (AvgIpc) is 2.27. The molecule has 0 aromatic heterocycles. The van der Waals surface area contributed by atoms with E-state index in [2.05, 4.69) is 5.32 Å². The second-order valence-electron chi connectivity index (χ2n) is 4.05. The molecule has 1 amide bonds. The topological polar surface area (TPSA) is 95.7 Å². The number of amides is 1. The Balaban J connectivity index is 3.75. The van der Waals surface area contributed by atoms with Crippen LogP contribution in [0.2, 0.25) is 0 Å². The van der Waals surface area contributed by atoms with Gasteiger partial charge in [0.1, 0.15) is 6.04 Å². The van der Waals surface area contributed by atoms with Crippen molar-refractivity contribution in [3.63, 3.8) is 0 Å². The largest absolute Gasteiger partial charge is 0.480 e. The maximum atomic E-state index is 11.3. The van der Waals surface area contributed by atoms with E-state index < -0.39 is 12.0 Å². The van der Waals surface area contributed by atoms with E-state index in [1.165, 1.54) is 0 Å². The van der Waals surface area contributed by atoms with Crippen LogP contribution in [0.25, 0.3) is 0 Å². The van der Waals surface area contributed by atoms with Crippen molar-refractivity contribution >= 4 is 11.9 Å². The number of hydrogen-bond donors (Lipinski definition) is 3. The number of nitrogens with one attached hydrogen (secondary N) is 1. The fourth-order valence-electron chi connectivity index (χ4n) is 1.46. The molecule has 0 bridgehead atoms. The van der Waals surface area contributed by atoms with Crippen molar-refractivity contribution in [3.8, 4) is 0 Å². The summed E-state index contributed by atoms with van der Waals surface area (Å²) in [7, 11) is 1.84. The van der Waals surface area contributed by atoms with Crippen LogP contribution >= 0.6 is 0 Å². The Morgan fingerprint density at radius 2 is 2.00 bits per heavy atom. The third kappa shape index (κ3) is 7.70. The maximum absolute atomic E-state index is 11.3. The summed E-state index contributed by atoms with van der Waals surface area (Å²) in [5.41, 5.74) is 5.38. The molecule has 17 heavy (non-hydrogen) atoms. The van der Waals surface area contributed by atoms with E-state index in [0.717, 1.165) is 19.4 Å². The molecular formula is C11H23N3O3. The predicted octanol–water partition coefficient (Wildman–Crippen LogP) is -0.363. The zero-order valence-electron chi connectivity index (χ0n) is 10.6. The van der Waals surface area contributed by atoms with E-state index in [-0.39, 0.29) is 5.91 Å². The summed E-state index contributed by atoms with van der Waals surface area (Å²) in [6.07, 6.45) is 1.95. The lowest BCUT2D eigenvalue weighted by atomic mass is 10.1. The van der Waals surface area contributed by atoms with Crippen LogP contribution in [-0.2, 0) is 9.59 Å². The molecule has 1 unspecified atom stereocenters. The fraction of sp³-hybridized carbons (Fsp3) is 0.818. The lowest BCUT2D eigenvalue weighted by Crippen LogP contribution is -2.35. The molecule has 6 nitrogen and oxygen atoms in total. The molecule has 0 rings (SSSR count). The number of rotatable bonds is 9. The van der Waals surface area contributed by atoms with E-state index >= 15 is 0 Å². The van der Waals surface area contributed by atoms with Gasteiger partial charge in [-0.05, 0) is 26.3 Å². The lowest BCUT2D eigenvalue weighted by Gasteiger charge is -2.20. The van der Waals surface area contributed by atoms with E-state index in [9.17, 15) is 9.59 Å². The number of nitrogens with two attached hydrogens (primary N) is 1. The van der Waals surface area contributed by atoms with Gasteiger partial charge in [-0.15, -0.1) is 0 Å². The molecule has 6 heteroatoms. The molecule has 0 aliphatic heterocycles. The molecule has 0 saturated carbocycles. The van der Waals surface area contributed by atoms with Crippen molar-refractivity contribution in [1.29, 1.82) is 0 Å². The van der Waals surface area contributed by atoms with Gasteiger partial charge < -0.3 is 21.1 Å². The van der Waals surface area contributed by atoms with Gasteiger partial charge in [0, 0.05) is 26.6 Å². The number of unbranched alkanes of at least 4 members (excludes halogenated alkanes) is 1. The first-order valence-corrected chi connectivity index (χ1v) is 5.87. The smallest absolute Gasteiger partial charge is 0.320 e. The van der Waals surface area contributed by atoms with Gasteiger partial charge in [0.05, 0.1) is 0 Å². The molecule has 0 heterocycles. The number of aliphatic carboxylic acids is 1. The first-order valence-electron chi connectivity index (χ1n) is 5.87. The molecule has 0 aliphatic carbocycles. The number of carboxylic acids is 1. The van der Waals surface area contributed by atoms with Crippen molar-refractivity contribution in [2.45, 2.75) is 32.2 Å². The van der Waals surface area contributed by atoms with Gasteiger partial charge in [0.15, 0.2) is 0 Å². The third-order valence-electron chi connectivity index (χ3n) is 2.59. The molecule has 1 atom stereocenters. The van der Waals surface area contributed by atoms with E-state index in [1.54, 1.807) is 11.8 Å². The zero-order chi connectivity index (χ0) is 13.3. The number of nitrogens with zero attached hydrogens (tertiary/aromatic N) is 1. The SMILES string of the molecule is CNCCN(CCCCC(N)C(=O)O)C(C)=O. The summed E-state index contributed by atoms with van der Waals surface area (Å²) in [5.74, 6) is -0.925. The zero-order valence-corrected chi connectivity index (χ0v) is 10.6. The second-order valence-corrected chi connectivity index (χ2v) is 4.05. The summed E-state index contributed by atoms with van der Waals surface area (Å²) in [4.78, 5) is 23.5. The minimum absolute atomic E-state index is 0.0442. The Morgan fingerprint density at radius 1 is 1.35 bits per heavy atom. The molecule has 100 valence electrons. The van der Waals surface area contributed by atoms with Crippen LogP contribution < -0.4 is 11.1 Å². The number of carbonyl (C=O) groups excluding carboxylic acids is 1. The molecular weight excluding hydrogens is 222 g/mol. The predicted molar refractivity (Wildman–Crippen MR) is 65.6 cm³/mol. The first kappa shape index (κ1) is 15.9. The summed E-state index contributed by atoms with van der Waals surface area (Å²) in [6.45, 7) is 3.63. The second kappa shape index (κ2) is 8.95. The number of likely N-dealkylation sites (N-methyl/N-ethyl adjacent to an activating group) is 1. The Hall–Kier alpha value is -1.14.